The van der Waals surface area contributed by atoms with Crippen LogP contribution in [0.5, 0.6) is 0 Å². The van der Waals surface area contributed by atoms with Gasteiger partial charge in [0.15, 0.2) is 0 Å². The zero-order valence-corrected chi connectivity index (χ0v) is 11.3. The lowest BCUT2D eigenvalue weighted by atomic mass is 10.2. The van der Waals surface area contributed by atoms with Gasteiger partial charge in [-0.2, -0.15) is 5.26 Å². The van der Waals surface area contributed by atoms with Gasteiger partial charge in [-0.25, -0.2) is 0 Å². The topological polar surface area (TPSA) is 77.8 Å². The van der Waals surface area contributed by atoms with Crippen molar-refractivity contribution in [2.24, 2.45) is 0 Å². The normalized spacial score (nSPS) is 10.5. The Hall–Kier alpha value is -3.13. The molecule has 0 aliphatic carbocycles. The number of benzene rings is 1. The maximum atomic E-state index is 11.9. The molecule has 5 heteroatoms. The molecular formula is C16H14N4O. The Balaban J connectivity index is 1.94. The van der Waals surface area contributed by atoms with Crippen LogP contribution in [0.4, 0.5) is 5.69 Å². The summed E-state index contributed by atoms with van der Waals surface area (Å²) in [6.45, 7) is 0.381. The number of aromatic nitrogens is 1. The molecule has 2 N–H and O–H groups in total. The van der Waals surface area contributed by atoms with Crippen molar-refractivity contribution in [1.82, 2.24) is 10.3 Å². The molecule has 1 heterocycles. The maximum Gasteiger partial charge on any atom is 0.263 e. The van der Waals surface area contributed by atoms with E-state index in [-0.39, 0.29) is 5.57 Å². The molecule has 0 saturated heterocycles. The van der Waals surface area contributed by atoms with Crippen molar-refractivity contribution in [3.8, 4) is 6.07 Å². The molecule has 2 aromatic rings. The second-order valence-electron chi connectivity index (χ2n) is 4.22. The lowest BCUT2D eigenvalue weighted by Crippen LogP contribution is -2.24. The van der Waals surface area contributed by atoms with Gasteiger partial charge in [-0.05, 0) is 17.7 Å². The highest BCUT2D eigenvalue weighted by Crippen LogP contribution is 2.04. The highest BCUT2D eigenvalue weighted by molar-refractivity contribution is 5.97. The number of amides is 1. The van der Waals surface area contributed by atoms with Gasteiger partial charge < -0.3 is 10.6 Å². The summed E-state index contributed by atoms with van der Waals surface area (Å²) in [5.74, 6) is -0.419. The molecule has 0 radical (unpaired) electrons. The standard InChI is InChI=1S/C16H14N4O/c17-9-14(11-19-15-7-4-8-18-12-15)16(21)20-10-13-5-2-1-3-6-13/h1-8,11-12,19H,10H2,(H,20,21)/b14-11-. The monoisotopic (exact) mass is 278 g/mol. The molecular weight excluding hydrogens is 264 g/mol. The molecule has 5 nitrogen and oxygen atoms in total. The smallest absolute Gasteiger partial charge is 0.263 e. The predicted octanol–water partition coefficient (Wildman–Crippen LogP) is 2.22. The number of rotatable bonds is 5. The van der Waals surface area contributed by atoms with Gasteiger partial charge in [0, 0.05) is 18.9 Å². The summed E-state index contributed by atoms with van der Waals surface area (Å²) in [5, 5.41) is 14.6. The van der Waals surface area contributed by atoms with Crippen molar-refractivity contribution in [3.05, 3.63) is 72.2 Å². The minimum Gasteiger partial charge on any atom is -0.359 e. The number of carbonyl (C=O) groups excluding carboxylic acids is 1. The number of nitriles is 1. The molecule has 0 aliphatic heterocycles. The number of carbonyl (C=O) groups is 1. The first kappa shape index (κ1) is 14.3. The Labute approximate surface area is 122 Å². The van der Waals surface area contributed by atoms with E-state index in [0.29, 0.717) is 12.2 Å². The highest BCUT2D eigenvalue weighted by Gasteiger charge is 2.08. The van der Waals surface area contributed by atoms with Gasteiger partial charge in [0.05, 0.1) is 11.9 Å². The first-order valence-corrected chi connectivity index (χ1v) is 6.38. The van der Waals surface area contributed by atoms with E-state index in [1.54, 1.807) is 24.5 Å². The predicted molar refractivity (Wildman–Crippen MR) is 79.8 cm³/mol. The number of pyridine rings is 1. The first-order chi connectivity index (χ1) is 10.3. The van der Waals surface area contributed by atoms with Gasteiger partial charge >= 0.3 is 0 Å². The van der Waals surface area contributed by atoms with Crippen LogP contribution in [0.15, 0.2) is 66.6 Å². The average molecular weight is 278 g/mol. The third-order valence-corrected chi connectivity index (χ3v) is 2.71. The van der Waals surface area contributed by atoms with Gasteiger partial charge in [0.25, 0.3) is 5.91 Å². The van der Waals surface area contributed by atoms with E-state index in [0.717, 1.165) is 5.56 Å². The first-order valence-electron chi connectivity index (χ1n) is 6.38. The number of hydrogen-bond donors (Lipinski definition) is 2. The summed E-state index contributed by atoms with van der Waals surface area (Å²) in [7, 11) is 0. The van der Waals surface area contributed by atoms with E-state index in [9.17, 15) is 4.79 Å². The zero-order chi connectivity index (χ0) is 14.9. The molecule has 21 heavy (non-hydrogen) atoms. The summed E-state index contributed by atoms with van der Waals surface area (Å²) >= 11 is 0. The molecule has 0 spiro atoms. The molecule has 1 aromatic heterocycles. The van der Waals surface area contributed by atoms with Crippen LogP contribution in [0.1, 0.15) is 5.56 Å². The van der Waals surface area contributed by atoms with E-state index in [1.165, 1.54) is 6.20 Å². The molecule has 0 unspecified atom stereocenters. The lowest BCUT2D eigenvalue weighted by molar-refractivity contribution is -0.117. The van der Waals surface area contributed by atoms with E-state index >= 15 is 0 Å². The van der Waals surface area contributed by atoms with E-state index in [4.69, 9.17) is 5.26 Å². The fourth-order valence-corrected chi connectivity index (χ4v) is 1.63. The van der Waals surface area contributed by atoms with Crippen LogP contribution in [0.25, 0.3) is 0 Å². The fourth-order valence-electron chi connectivity index (χ4n) is 1.63. The third-order valence-electron chi connectivity index (χ3n) is 2.71. The highest BCUT2D eigenvalue weighted by atomic mass is 16.1. The number of nitrogens with zero attached hydrogens (tertiary/aromatic N) is 2. The van der Waals surface area contributed by atoms with Gasteiger partial charge in [-0.1, -0.05) is 30.3 Å². The molecule has 104 valence electrons. The van der Waals surface area contributed by atoms with Crippen molar-refractivity contribution in [3.63, 3.8) is 0 Å². The quantitative estimate of drug-likeness (QED) is 0.649. The van der Waals surface area contributed by atoms with E-state index < -0.39 is 5.91 Å². The van der Waals surface area contributed by atoms with Crippen LogP contribution in [-0.4, -0.2) is 10.9 Å². The van der Waals surface area contributed by atoms with Crippen LogP contribution in [0, 0.1) is 11.3 Å². The third kappa shape index (κ3) is 4.48. The molecule has 0 aliphatic rings. The molecule has 0 saturated carbocycles. The molecule has 2 rings (SSSR count). The van der Waals surface area contributed by atoms with Gasteiger partial charge in [-0.3, -0.25) is 9.78 Å². The average Bonchev–Trinajstić information content (AvgIpc) is 2.55. The van der Waals surface area contributed by atoms with Gasteiger partial charge in [0.1, 0.15) is 11.6 Å². The molecule has 0 fully saturated rings. The Morgan fingerprint density at radius 2 is 2.05 bits per heavy atom. The van der Waals surface area contributed by atoms with E-state index in [1.807, 2.05) is 36.4 Å². The zero-order valence-electron chi connectivity index (χ0n) is 11.3. The number of hydrogen-bond acceptors (Lipinski definition) is 4. The summed E-state index contributed by atoms with van der Waals surface area (Å²) in [6.07, 6.45) is 4.62. The SMILES string of the molecule is N#C/C(=C/Nc1cccnc1)C(=O)NCc1ccccc1. The van der Waals surface area contributed by atoms with Crippen molar-refractivity contribution >= 4 is 11.6 Å². The van der Waals surface area contributed by atoms with Crippen molar-refractivity contribution in [1.29, 1.82) is 5.26 Å². The van der Waals surface area contributed by atoms with Crippen LogP contribution < -0.4 is 10.6 Å². The van der Waals surface area contributed by atoms with Crippen LogP contribution in [-0.2, 0) is 11.3 Å². The lowest BCUT2D eigenvalue weighted by Gasteiger charge is -2.05. The number of nitrogens with one attached hydrogen (secondary N) is 2. The van der Waals surface area contributed by atoms with E-state index in [2.05, 4.69) is 15.6 Å². The van der Waals surface area contributed by atoms with Crippen LogP contribution >= 0.6 is 0 Å². The Morgan fingerprint density at radius 1 is 1.24 bits per heavy atom. The summed E-state index contributed by atoms with van der Waals surface area (Å²) < 4.78 is 0. The van der Waals surface area contributed by atoms with Crippen LogP contribution in [0.3, 0.4) is 0 Å². The number of anilines is 1. The summed E-state index contributed by atoms with van der Waals surface area (Å²) in [5.41, 5.74) is 1.69. The molecule has 0 atom stereocenters. The summed E-state index contributed by atoms with van der Waals surface area (Å²) in [6, 6.07) is 14.9. The van der Waals surface area contributed by atoms with Crippen molar-refractivity contribution in [2.45, 2.75) is 6.54 Å². The van der Waals surface area contributed by atoms with Gasteiger partial charge in [0.2, 0.25) is 0 Å². The molecule has 1 amide bonds. The second kappa shape index (κ2) is 7.46. The minimum absolute atomic E-state index is 0.00906. The Bertz CT molecular complexity index is 660. The van der Waals surface area contributed by atoms with Crippen molar-refractivity contribution < 1.29 is 4.79 Å². The maximum absolute atomic E-state index is 11.9. The fraction of sp³-hybridized carbons (Fsp3) is 0.0625. The minimum atomic E-state index is -0.419. The second-order valence-corrected chi connectivity index (χ2v) is 4.22. The molecule has 0 bridgehead atoms. The Morgan fingerprint density at radius 3 is 2.71 bits per heavy atom. The van der Waals surface area contributed by atoms with Crippen LogP contribution in [0.2, 0.25) is 0 Å². The summed E-state index contributed by atoms with van der Waals surface area (Å²) in [4.78, 5) is 15.8. The largest absolute Gasteiger partial charge is 0.359 e. The molecule has 1 aromatic carbocycles. The van der Waals surface area contributed by atoms with Gasteiger partial charge in [-0.15, -0.1) is 0 Å². The Kier molecular flexibility index (Phi) is 5.07. The van der Waals surface area contributed by atoms with Crippen molar-refractivity contribution in [2.75, 3.05) is 5.32 Å².